The summed E-state index contributed by atoms with van der Waals surface area (Å²) in [4.78, 5) is 12.4. The van der Waals surface area contributed by atoms with Crippen molar-refractivity contribution in [1.82, 2.24) is 5.32 Å². The minimum absolute atomic E-state index is 0.0594. The van der Waals surface area contributed by atoms with Crippen LogP contribution in [0.4, 0.5) is 0 Å². The smallest absolute Gasteiger partial charge is 0.252 e. The van der Waals surface area contributed by atoms with Gasteiger partial charge in [0.1, 0.15) is 0 Å². The quantitative estimate of drug-likeness (QED) is 0.453. The van der Waals surface area contributed by atoms with E-state index in [-0.39, 0.29) is 11.4 Å². The largest absolute Gasteiger partial charge is 0.401 e. The highest BCUT2D eigenvalue weighted by molar-refractivity contribution is 5.95. The fourth-order valence-electron chi connectivity index (χ4n) is 4.25. The normalized spacial score (nSPS) is 17.9. The maximum Gasteiger partial charge on any atom is 0.252 e. The lowest BCUT2D eigenvalue weighted by atomic mass is 10.0. The number of unbranched alkanes of at least 4 members (excludes halogenated alkanes) is 4. The molecule has 4 heteroatoms. The molecule has 1 aromatic rings. The van der Waals surface area contributed by atoms with E-state index in [9.17, 15) is 4.79 Å². The van der Waals surface area contributed by atoms with E-state index in [0.29, 0.717) is 11.3 Å². The van der Waals surface area contributed by atoms with Crippen LogP contribution in [0.3, 0.4) is 0 Å². The number of ether oxygens (including phenoxy) is 1. The summed E-state index contributed by atoms with van der Waals surface area (Å²) >= 11 is 0. The Morgan fingerprint density at radius 2 is 1.72 bits per heavy atom. The molecule has 1 amide bonds. The zero-order valence-corrected chi connectivity index (χ0v) is 17.9. The molecule has 160 valence electrons. The van der Waals surface area contributed by atoms with E-state index in [1.54, 1.807) is 0 Å². The molecule has 0 heterocycles. The van der Waals surface area contributed by atoms with Crippen molar-refractivity contribution in [2.24, 2.45) is 11.7 Å². The zero-order chi connectivity index (χ0) is 20.5. The number of hydrogen-bond donors (Lipinski definition) is 2. The minimum atomic E-state index is -0.364. The molecule has 2 aliphatic carbocycles. The Balaban J connectivity index is 1.23. The van der Waals surface area contributed by atoms with Gasteiger partial charge >= 0.3 is 0 Å². The third-order valence-electron chi connectivity index (χ3n) is 6.52. The van der Waals surface area contributed by atoms with Gasteiger partial charge in [0, 0.05) is 24.5 Å². The van der Waals surface area contributed by atoms with Crippen LogP contribution in [-0.4, -0.2) is 24.7 Å². The van der Waals surface area contributed by atoms with Gasteiger partial charge in [0.2, 0.25) is 0 Å². The standard InChI is InChI=1S/C25H38N2O2/c1-20(26)25(16-17-25)27-24(28)23-14-12-21(13-15-23)9-5-3-2-4-8-18-29-19-22-10-6-7-11-22/h12-15,22H,1-11,16-19,26H2,(H,27,28). The zero-order valence-electron chi connectivity index (χ0n) is 17.9. The number of amides is 1. The van der Waals surface area contributed by atoms with Crippen molar-refractivity contribution in [3.8, 4) is 0 Å². The molecule has 0 spiro atoms. The van der Waals surface area contributed by atoms with Crippen molar-refractivity contribution in [3.63, 3.8) is 0 Å². The topological polar surface area (TPSA) is 64.3 Å². The third kappa shape index (κ3) is 6.88. The second-order valence-electron chi connectivity index (χ2n) is 9.00. The molecule has 0 unspecified atom stereocenters. The summed E-state index contributed by atoms with van der Waals surface area (Å²) in [6.45, 7) is 5.70. The number of aryl methyl sites for hydroxylation is 1. The molecule has 29 heavy (non-hydrogen) atoms. The van der Waals surface area contributed by atoms with Gasteiger partial charge in [0.25, 0.3) is 5.91 Å². The van der Waals surface area contributed by atoms with Gasteiger partial charge in [-0.25, -0.2) is 0 Å². The molecule has 1 aromatic carbocycles. The predicted molar refractivity (Wildman–Crippen MR) is 119 cm³/mol. The number of carbonyl (C=O) groups is 1. The first-order valence-electron chi connectivity index (χ1n) is 11.5. The second-order valence-corrected chi connectivity index (χ2v) is 9.00. The second kappa shape index (κ2) is 10.8. The van der Waals surface area contributed by atoms with Gasteiger partial charge in [-0.3, -0.25) is 4.79 Å². The molecular formula is C25H38N2O2. The molecule has 0 bridgehead atoms. The average Bonchev–Trinajstić information content (AvgIpc) is 3.32. The highest BCUT2D eigenvalue weighted by atomic mass is 16.5. The summed E-state index contributed by atoms with van der Waals surface area (Å²) < 4.78 is 5.83. The first kappa shape index (κ1) is 21.9. The fraction of sp³-hybridized carbons (Fsp3) is 0.640. The molecule has 2 fully saturated rings. The van der Waals surface area contributed by atoms with Crippen LogP contribution in [0, 0.1) is 5.92 Å². The van der Waals surface area contributed by atoms with Crippen LogP contribution in [0.25, 0.3) is 0 Å². The fourth-order valence-corrected chi connectivity index (χ4v) is 4.25. The van der Waals surface area contributed by atoms with Gasteiger partial charge in [-0.15, -0.1) is 0 Å². The molecule has 0 aliphatic heterocycles. The van der Waals surface area contributed by atoms with Crippen molar-refractivity contribution in [3.05, 3.63) is 47.7 Å². The lowest BCUT2D eigenvalue weighted by Crippen LogP contribution is -2.40. The Kier molecular flexibility index (Phi) is 8.17. The summed E-state index contributed by atoms with van der Waals surface area (Å²) in [5.74, 6) is 0.776. The highest BCUT2D eigenvalue weighted by Crippen LogP contribution is 2.39. The van der Waals surface area contributed by atoms with Crippen LogP contribution in [0.2, 0.25) is 0 Å². The van der Waals surface area contributed by atoms with E-state index >= 15 is 0 Å². The lowest BCUT2D eigenvalue weighted by molar-refractivity contribution is 0.0938. The molecule has 0 radical (unpaired) electrons. The molecule has 0 aromatic heterocycles. The SMILES string of the molecule is C=C(N)C1(NC(=O)c2ccc(CCCCCCCOCC3CCCC3)cc2)CC1. The molecule has 2 aliphatic rings. The van der Waals surface area contributed by atoms with E-state index in [0.717, 1.165) is 38.4 Å². The van der Waals surface area contributed by atoms with E-state index < -0.39 is 0 Å². The van der Waals surface area contributed by atoms with Crippen molar-refractivity contribution < 1.29 is 9.53 Å². The van der Waals surface area contributed by atoms with Crippen LogP contribution in [0.15, 0.2) is 36.5 Å². The van der Waals surface area contributed by atoms with E-state index in [1.807, 2.05) is 12.1 Å². The molecule has 0 saturated heterocycles. The van der Waals surface area contributed by atoms with Crippen LogP contribution < -0.4 is 11.1 Å². The van der Waals surface area contributed by atoms with Crippen molar-refractivity contribution in [1.29, 1.82) is 0 Å². The monoisotopic (exact) mass is 398 g/mol. The Morgan fingerprint density at radius 3 is 2.38 bits per heavy atom. The molecule has 3 rings (SSSR count). The van der Waals surface area contributed by atoms with E-state index in [1.165, 1.54) is 63.4 Å². The Morgan fingerprint density at radius 1 is 1.07 bits per heavy atom. The van der Waals surface area contributed by atoms with E-state index in [2.05, 4.69) is 24.0 Å². The van der Waals surface area contributed by atoms with Crippen LogP contribution >= 0.6 is 0 Å². The molecule has 4 nitrogen and oxygen atoms in total. The Labute approximate surface area is 176 Å². The summed E-state index contributed by atoms with van der Waals surface area (Å²) in [6.07, 6.45) is 14.6. The number of rotatable bonds is 13. The number of nitrogens with two attached hydrogens (primary N) is 1. The number of nitrogens with one attached hydrogen (secondary N) is 1. The minimum Gasteiger partial charge on any atom is -0.401 e. The third-order valence-corrected chi connectivity index (χ3v) is 6.52. The molecular weight excluding hydrogens is 360 g/mol. The summed E-state index contributed by atoms with van der Waals surface area (Å²) in [5.41, 5.74) is 7.99. The predicted octanol–water partition coefficient (Wildman–Crippen LogP) is 5.12. The van der Waals surface area contributed by atoms with Crippen molar-refractivity contribution >= 4 is 5.91 Å². The maximum atomic E-state index is 12.4. The van der Waals surface area contributed by atoms with Gasteiger partial charge in [0.15, 0.2) is 0 Å². The van der Waals surface area contributed by atoms with Crippen LogP contribution in [0.1, 0.15) is 86.6 Å². The lowest BCUT2D eigenvalue weighted by Gasteiger charge is -2.17. The van der Waals surface area contributed by atoms with Gasteiger partial charge in [-0.05, 0) is 68.6 Å². The molecule has 0 atom stereocenters. The average molecular weight is 399 g/mol. The van der Waals surface area contributed by atoms with E-state index in [4.69, 9.17) is 10.5 Å². The van der Waals surface area contributed by atoms with Gasteiger partial charge in [-0.1, -0.05) is 50.8 Å². The highest BCUT2D eigenvalue weighted by Gasteiger charge is 2.45. The number of hydrogen-bond acceptors (Lipinski definition) is 3. The van der Waals surface area contributed by atoms with Crippen LogP contribution in [0.5, 0.6) is 0 Å². The Hall–Kier alpha value is -1.81. The number of carbonyl (C=O) groups excluding carboxylic acids is 1. The van der Waals surface area contributed by atoms with Crippen LogP contribution in [-0.2, 0) is 11.2 Å². The first-order valence-corrected chi connectivity index (χ1v) is 11.5. The molecule has 3 N–H and O–H groups in total. The van der Waals surface area contributed by atoms with Gasteiger partial charge in [-0.2, -0.15) is 0 Å². The van der Waals surface area contributed by atoms with Crippen molar-refractivity contribution in [2.45, 2.75) is 82.6 Å². The van der Waals surface area contributed by atoms with Gasteiger partial charge < -0.3 is 15.8 Å². The summed E-state index contributed by atoms with van der Waals surface area (Å²) in [5, 5.41) is 3.03. The summed E-state index contributed by atoms with van der Waals surface area (Å²) in [6, 6.07) is 7.98. The molecule has 2 saturated carbocycles. The Bertz CT molecular complexity index is 658. The van der Waals surface area contributed by atoms with Gasteiger partial charge in [0.05, 0.1) is 5.54 Å². The van der Waals surface area contributed by atoms with Crippen molar-refractivity contribution in [2.75, 3.05) is 13.2 Å². The number of benzene rings is 1. The maximum absolute atomic E-state index is 12.4. The summed E-state index contributed by atoms with van der Waals surface area (Å²) in [7, 11) is 0. The first-order chi connectivity index (χ1) is 14.1.